The molecule has 2 fully saturated rings. The van der Waals surface area contributed by atoms with Gasteiger partial charge in [0.25, 0.3) is 5.91 Å². The largest absolute Gasteiger partial charge is 0.303 e. The van der Waals surface area contributed by atoms with E-state index in [4.69, 9.17) is 12.2 Å². The molecule has 1 aromatic carbocycles. The van der Waals surface area contributed by atoms with Crippen molar-refractivity contribution in [3.8, 4) is 11.3 Å². The summed E-state index contributed by atoms with van der Waals surface area (Å²) in [6.07, 6.45) is 7.94. The number of aryl methyl sites for hydroxylation is 2. The molecule has 2 aliphatic rings. The zero-order chi connectivity index (χ0) is 20.9. The normalized spacial score (nSPS) is 17.5. The fourth-order valence-electron chi connectivity index (χ4n) is 4.39. The van der Waals surface area contributed by atoms with Crippen LogP contribution in [0.4, 0.5) is 11.4 Å². The van der Waals surface area contributed by atoms with Gasteiger partial charge in [-0.3, -0.25) is 19.7 Å². The summed E-state index contributed by atoms with van der Waals surface area (Å²) in [5.74, 6) is 0.0506. The van der Waals surface area contributed by atoms with E-state index in [1.165, 1.54) is 5.56 Å². The molecule has 6 heteroatoms. The summed E-state index contributed by atoms with van der Waals surface area (Å²) >= 11 is 5.85. The third-order valence-electron chi connectivity index (χ3n) is 6.14. The number of hydrogen-bond acceptors (Lipinski definition) is 4. The molecule has 1 spiro atoms. The summed E-state index contributed by atoms with van der Waals surface area (Å²) in [6.45, 7) is 4.06. The SMILES string of the molecule is Cc1ccc(N2C(=S)N(c3cnc(-c4cccnc4)c(C)c3)C(=O)C23CCC3)cc1. The Morgan fingerprint density at radius 2 is 1.80 bits per heavy atom. The second-order valence-corrected chi connectivity index (χ2v) is 8.45. The number of carbonyl (C=O) groups excluding carboxylic acids is 1. The van der Waals surface area contributed by atoms with Gasteiger partial charge in [0.15, 0.2) is 5.11 Å². The molecule has 30 heavy (non-hydrogen) atoms. The van der Waals surface area contributed by atoms with Crippen LogP contribution in [0.3, 0.4) is 0 Å². The lowest BCUT2D eigenvalue weighted by Gasteiger charge is -2.43. The summed E-state index contributed by atoms with van der Waals surface area (Å²) in [5.41, 5.74) is 5.09. The van der Waals surface area contributed by atoms with Crippen molar-refractivity contribution in [1.29, 1.82) is 0 Å². The van der Waals surface area contributed by atoms with Crippen LogP contribution in [0.15, 0.2) is 61.1 Å². The molecule has 1 aliphatic carbocycles. The van der Waals surface area contributed by atoms with Crippen molar-refractivity contribution in [1.82, 2.24) is 9.97 Å². The molecule has 5 nitrogen and oxygen atoms in total. The Morgan fingerprint density at radius 3 is 2.40 bits per heavy atom. The third-order valence-corrected chi connectivity index (χ3v) is 6.51. The number of pyridine rings is 2. The van der Waals surface area contributed by atoms with Crippen molar-refractivity contribution in [2.75, 3.05) is 9.80 Å². The van der Waals surface area contributed by atoms with E-state index in [0.29, 0.717) is 5.11 Å². The first-order chi connectivity index (χ1) is 14.5. The molecular weight excluding hydrogens is 392 g/mol. The molecule has 0 unspecified atom stereocenters. The average Bonchev–Trinajstić information content (AvgIpc) is 2.96. The van der Waals surface area contributed by atoms with E-state index < -0.39 is 5.54 Å². The minimum atomic E-state index is -0.567. The molecule has 0 bridgehead atoms. The van der Waals surface area contributed by atoms with Gasteiger partial charge >= 0.3 is 0 Å². The molecule has 1 saturated heterocycles. The van der Waals surface area contributed by atoms with Gasteiger partial charge in [-0.05, 0) is 81.2 Å². The van der Waals surface area contributed by atoms with E-state index in [1.807, 2.05) is 37.3 Å². The summed E-state index contributed by atoms with van der Waals surface area (Å²) in [4.78, 5) is 26.2. The first-order valence-electron chi connectivity index (χ1n) is 10.1. The number of amides is 1. The number of hydrogen-bond donors (Lipinski definition) is 0. The first-order valence-corrected chi connectivity index (χ1v) is 10.5. The van der Waals surface area contributed by atoms with Gasteiger partial charge in [0.05, 0.1) is 17.6 Å². The molecule has 0 radical (unpaired) electrons. The Bertz CT molecular complexity index is 1140. The van der Waals surface area contributed by atoms with Gasteiger partial charge in [0.1, 0.15) is 5.54 Å². The number of thiocarbonyl (C=S) groups is 1. The maximum atomic E-state index is 13.6. The van der Waals surface area contributed by atoms with Gasteiger partial charge in [0, 0.05) is 23.6 Å². The molecule has 1 amide bonds. The van der Waals surface area contributed by atoms with Crippen LogP contribution in [0, 0.1) is 13.8 Å². The second kappa shape index (κ2) is 6.99. The van der Waals surface area contributed by atoms with Crippen LogP contribution in [0.5, 0.6) is 0 Å². The van der Waals surface area contributed by atoms with E-state index in [1.54, 1.807) is 23.5 Å². The Labute approximate surface area is 181 Å². The van der Waals surface area contributed by atoms with Crippen LogP contribution in [-0.4, -0.2) is 26.5 Å². The van der Waals surface area contributed by atoms with Gasteiger partial charge in [-0.25, -0.2) is 0 Å². The van der Waals surface area contributed by atoms with Crippen LogP contribution < -0.4 is 9.80 Å². The maximum absolute atomic E-state index is 13.6. The molecule has 150 valence electrons. The molecule has 3 heterocycles. The molecule has 2 aromatic heterocycles. The van der Waals surface area contributed by atoms with E-state index >= 15 is 0 Å². The van der Waals surface area contributed by atoms with Crippen molar-refractivity contribution >= 4 is 34.6 Å². The molecule has 0 atom stereocenters. The lowest BCUT2D eigenvalue weighted by atomic mass is 9.75. The molecule has 3 aromatic rings. The minimum Gasteiger partial charge on any atom is -0.303 e. The Hall–Kier alpha value is -3.12. The summed E-state index contributed by atoms with van der Waals surface area (Å²) in [7, 11) is 0. The number of rotatable bonds is 3. The number of benzene rings is 1. The maximum Gasteiger partial charge on any atom is 0.259 e. The monoisotopic (exact) mass is 414 g/mol. The van der Waals surface area contributed by atoms with Crippen LogP contribution in [0.1, 0.15) is 30.4 Å². The fourth-order valence-corrected chi connectivity index (χ4v) is 4.86. The topological polar surface area (TPSA) is 49.3 Å². The number of carbonyl (C=O) groups is 1. The predicted molar refractivity (Wildman–Crippen MR) is 123 cm³/mol. The van der Waals surface area contributed by atoms with Crippen LogP contribution in [0.2, 0.25) is 0 Å². The van der Waals surface area contributed by atoms with Gasteiger partial charge in [0.2, 0.25) is 0 Å². The zero-order valence-electron chi connectivity index (χ0n) is 17.0. The van der Waals surface area contributed by atoms with Gasteiger partial charge < -0.3 is 4.90 Å². The summed E-state index contributed by atoms with van der Waals surface area (Å²) in [5, 5.41) is 0.527. The number of aromatic nitrogens is 2. The van der Waals surface area contributed by atoms with Crippen LogP contribution in [0.25, 0.3) is 11.3 Å². The smallest absolute Gasteiger partial charge is 0.259 e. The average molecular weight is 415 g/mol. The van der Waals surface area contributed by atoms with Crippen LogP contribution in [-0.2, 0) is 4.79 Å². The lowest BCUT2D eigenvalue weighted by molar-refractivity contribution is -0.123. The predicted octanol–water partition coefficient (Wildman–Crippen LogP) is 4.82. The summed E-state index contributed by atoms with van der Waals surface area (Å²) in [6, 6.07) is 14.1. The standard InChI is InChI=1S/C24H22N4OS/c1-16-6-8-19(9-7-16)28-23(30)27(22(29)24(28)10-4-11-24)20-13-17(2)21(26-15-20)18-5-3-12-25-14-18/h3,5-9,12-15H,4,10-11H2,1-2H3. The van der Waals surface area contributed by atoms with Crippen molar-refractivity contribution in [2.24, 2.45) is 0 Å². The highest BCUT2D eigenvalue weighted by atomic mass is 32.1. The molecule has 0 N–H and O–H groups in total. The zero-order valence-corrected chi connectivity index (χ0v) is 17.8. The van der Waals surface area contributed by atoms with E-state index in [0.717, 1.165) is 47.5 Å². The quantitative estimate of drug-likeness (QED) is 0.575. The Kier molecular flexibility index (Phi) is 4.40. The summed E-state index contributed by atoms with van der Waals surface area (Å²) < 4.78 is 0. The van der Waals surface area contributed by atoms with Crippen molar-refractivity contribution in [3.63, 3.8) is 0 Å². The third kappa shape index (κ3) is 2.75. The molecule has 5 rings (SSSR count). The van der Waals surface area contributed by atoms with E-state index in [-0.39, 0.29) is 5.91 Å². The van der Waals surface area contributed by atoms with Crippen LogP contribution >= 0.6 is 12.2 Å². The van der Waals surface area contributed by atoms with E-state index in [2.05, 4.69) is 33.9 Å². The fraction of sp³-hybridized carbons (Fsp3) is 0.250. The molecular formula is C24H22N4OS. The van der Waals surface area contributed by atoms with Gasteiger partial charge in [-0.2, -0.15) is 0 Å². The van der Waals surface area contributed by atoms with Crippen molar-refractivity contribution < 1.29 is 4.79 Å². The van der Waals surface area contributed by atoms with Crippen molar-refractivity contribution in [2.45, 2.75) is 38.6 Å². The van der Waals surface area contributed by atoms with Gasteiger partial charge in [-0.15, -0.1) is 0 Å². The highest BCUT2D eigenvalue weighted by Crippen LogP contribution is 2.47. The molecule has 1 saturated carbocycles. The van der Waals surface area contributed by atoms with Gasteiger partial charge in [-0.1, -0.05) is 17.7 Å². The minimum absolute atomic E-state index is 0.0506. The van der Waals surface area contributed by atoms with E-state index in [9.17, 15) is 4.79 Å². The first kappa shape index (κ1) is 18.9. The van der Waals surface area contributed by atoms with Crippen molar-refractivity contribution in [3.05, 3.63) is 72.2 Å². The number of nitrogens with zero attached hydrogens (tertiary/aromatic N) is 4. The highest BCUT2D eigenvalue weighted by molar-refractivity contribution is 7.81. The molecule has 1 aliphatic heterocycles. The number of anilines is 2. The second-order valence-electron chi connectivity index (χ2n) is 8.08. The Balaban J connectivity index is 1.55. The highest BCUT2D eigenvalue weighted by Gasteiger charge is 2.59. The Morgan fingerprint density at radius 1 is 1.03 bits per heavy atom. The lowest BCUT2D eigenvalue weighted by Crippen LogP contribution is -2.55.